The molecule has 9 heteroatoms. The van der Waals surface area contributed by atoms with E-state index >= 15 is 0 Å². The Hall–Kier alpha value is -3.02. The van der Waals surface area contributed by atoms with Crippen LogP contribution in [0.2, 0.25) is 0 Å². The number of alkyl halides is 3. The largest absolute Gasteiger partial charge is 0.464 e. The Morgan fingerprint density at radius 1 is 1.45 bits per heavy atom. The van der Waals surface area contributed by atoms with Crippen molar-refractivity contribution >= 4 is 11.7 Å². The highest BCUT2D eigenvalue weighted by Crippen LogP contribution is 2.31. The van der Waals surface area contributed by atoms with Crippen LogP contribution in [0.4, 0.5) is 18.9 Å². The maximum absolute atomic E-state index is 12.8. The Bertz CT molecular complexity index is 775. The van der Waals surface area contributed by atoms with Gasteiger partial charge in [0, 0.05) is 0 Å². The summed E-state index contributed by atoms with van der Waals surface area (Å²) in [4.78, 5) is 11.7. The number of nitrogens with zero attached hydrogens (tertiary/aromatic N) is 3. The summed E-state index contributed by atoms with van der Waals surface area (Å²) < 4.78 is 43.7. The number of nitrogen functional groups attached to an aromatic ring is 1. The van der Waals surface area contributed by atoms with E-state index in [4.69, 9.17) is 11.0 Å². The molecule has 0 bridgehead atoms. The van der Waals surface area contributed by atoms with Crippen LogP contribution in [0.25, 0.3) is 5.69 Å². The van der Waals surface area contributed by atoms with Crippen molar-refractivity contribution < 1.29 is 22.7 Å². The highest BCUT2D eigenvalue weighted by Gasteiger charge is 2.31. The molecule has 2 aromatic rings. The zero-order chi connectivity index (χ0) is 16.5. The highest BCUT2D eigenvalue weighted by molar-refractivity contribution is 5.95. The van der Waals surface area contributed by atoms with Gasteiger partial charge in [0.25, 0.3) is 0 Å². The van der Waals surface area contributed by atoms with Crippen LogP contribution in [0.15, 0.2) is 24.3 Å². The lowest BCUT2D eigenvalue weighted by molar-refractivity contribution is -0.137. The highest BCUT2D eigenvalue weighted by atomic mass is 19.4. The summed E-state index contributed by atoms with van der Waals surface area (Å²) >= 11 is 0. The fraction of sp³-hybridized carbons (Fsp3) is 0.154. The SMILES string of the molecule is COC(=O)c1c(N)c(C#N)nn1-c1cccc(C(F)(F)F)c1. The molecule has 22 heavy (non-hydrogen) atoms. The Labute approximate surface area is 122 Å². The molecule has 0 amide bonds. The van der Waals surface area contributed by atoms with Crippen LogP contribution < -0.4 is 5.73 Å². The molecule has 6 nitrogen and oxygen atoms in total. The number of carbonyl (C=O) groups excluding carboxylic acids is 1. The normalized spacial score (nSPS) is 11.0. The maximum Gasteiger partial charge on any atom is 0.416 e. The molecular formula is C13H9F3N4O2. The van der Waals surface area contributed by atoms with E-state index in [0.717, 1.165) is 30.0 Å². The molecule has 0 aliphatic carbocycles. The summed E-state index contributed by atoms with van der Waals surface area (Å²) in [5, 5.41) is 12.7. The second-order valence-electron chi connectivity index (χ2n) is 4.17. The van der Waals surface area contributed by atoms with E-state index in [0.29, 0.717) is 0 Å². The van der Waals surface area contributed by atoms with E-state index < -0.39 is 17.7 Å². The van der Waals surface area contributed by atoms with Crippen molar-refractivity contribution in [1.82, 2.24) is 9.78 Å². The predicted octanol–water partition coefficient (Wildman–Crippen LogP) is 2.13. The molecule has 1 heterocycles. The maximum atomic E-state index is 12.8. The molecule has 0 saturated carbocycles. The monoisotopic (exact) mass is 310 g/mol. The standard InChI is InChI=1S/C13H9F3N4O2/c1-22-12(21)11-10(18)9(6-17)19-20(11)8-4-2-3-7(5-8)13(14,15)16/h2-5H,18H2,1H3. The van der Waals surface area contributed by atoms with Gasteiger partial charge in [0.2, 0.25) is 0 Å². The lowest BCUT2D eigenvalue weighted by atomic mass is 10.2. The zero-order valence-electron chi connectivity index (χ0n) is 11.2. The molecule has 1 aromatic carbocycles. The van der Waals surface area contributed by atoms with Gasteiger partial charge in [-0.15, -0.1) is 0 Å². The van der Waals surface area contributed by atoms with Gasteiger partial charge in [-0.05, 0) is 18.2 Å². The molecule has 0 radical (unpaired) electrons. The van der Waals surface area contributed by atoms with Gasteiger partial charge in [0.15, 0.2) is 11.4 Å². The van der Waals surface area contributed by atoms with Crippen LogP contribution in [-0.2, 0) is 10.9 Å². The molecule has 2 rings (SSSR count). The molecule has 0 aliphatic rings. The summed E-state index contributed by atoms with van der Waals surface area (Å²) in [6.07, 6.45) is -4.56. The number of methoxy groups -OCH3 is 1. The number of carbonyl (C=O) groups is 1. The van der Waals surface area contributed by atoms with Crippen molar-refractivity contribution in [2.75, 3.05) is 12.8 Å². The first-order chi connectivity index (χ1) is 10.3. The predicted molar refractivity (Wildman–Crippen MR) is 69.0 cm³/mol. The van der Waals surface area contributed by atoms with E-state index in [2.05, 4.69) is 9.84 Å². The third-order valence-corrected chi connectivity index (χ3v) is 2.82. The lowest BCUT2D eigenvalue weighted by Crippen LogP contribution is -2.13. The molecule has 0 unspecified atom stereocenters. The third kappa shape index (κ3) is 2.58. The first-order valence-corrected chi connectivity index (χ1v) is 5.84. The van der Waals surface area contributed by atoms with E-state index in [-0.39, 0.29) is 22.8 Å². The molecule has 0 aliphatic heterocycles. The van der Waals surface area contributed by atoms with Crippen molar-refractivity contribution in [2.24, 2.45) is 0 Å². The van der Waals surface area contributed by atoms with E-state index in [1.807, 2.05) is 0 Å². The number of aromatic nitrogens is 2. The Morgan fingerprint density at radius 2 is 2.14 bits per heavy atom. The van der Waals surface area contributed by atoms with Crippen molar-refractivity contribution in [3.8, 4) is 11.8 Å². The van der Waals surface area contributed by atoms with Gasteiger partial charge in [0.05, 0.1) is 18.4 Å². The second-order valence-corrected chi connectivity index (χ2v) is 4.17. The molecule has 0 saturated heterocycles. The quantitative estimate of drug-likeness (QED) is 0.858. The number of hydrogen-bond acceptors (Lipinski definition) is 5. The number of nitriles is 1. The smallest absolute Gasteiger partial charge is 0.416 e. The molecule has 2 N–H and O–H groups in total. The number of hydrogen-bond donors (Lipinski definition) is 1. The van der Waals surface area contributed by atoms with Gasteiger partial charge in [0.1, 0.15) is 11.8 Å². The van der Waals surface area contributed by atoms with E-state index in [1.165, 1.54) is 6.07 Å². The Kier molecular flexibility index (Phi) is 3.77. The van der Waals surface area contributed by atoms with Crippen LogP contribution in [0.5, 0.6) is 0 Å². The molecule has 0 fully saturated rings. The third-order valence-electron chi connectivity index (χ3n) is 2.82. The fourth-order valence-corrected chi connectivity index (χ4v) is 1.81. The average Bonchev–Trinajstić information content (AvgIpc) is 2.82. The summed E-state index contributed by atoms with van der Waals surface area (Å²) in [7, 11) is 1.08. The number of nitrogens with two attached hydrogens (primary N) is 1. The van der Waals surface area contributed by atoms with Gasteiger partial charge in [-0.3, -0.25) is 0 Å². The van der Waals surface area contributed by atoms with Crippen molar-refractivity contribution in [2.45, 2.75) is 6.18 Å². The van der Waals surface area contributed by atoms with Crippen LogP contribution in [-0.4, -0.2) is 22.9 Å². The number of benzene rings is 1. The first kappa shape index (κ1) is 15.4. The minimum atomic E-state index is -4.56. The van der Waals surface area contributed by atoms with Crippen molar-refractivity contribution in [3.63, 3.8) is 0 Å². The number of ether oxygens (including phenoxy) is 1. The Morgan fingerprint density at radius 3 is 2.68 bits per heavy atom. The van der Waals surface area contributed by atoms with Crippen LogP contribution >= 0.6 is 0 Å². The summed E-state index contributed by atoms with van der Waals surface area (Å²) in [6.45, 7) is 0. The van der Waals surface area contributed by atoms with Crippen molar-refractivity contribution in [1.29, 1.82) is 5.26 Å². The van der Waals surface area contributed by atoms with Gasteiger partial charge in [-0.2, -0.15) is 23.5 Å². The van der Waals surface area contributed by atoms with Crippen LogP contribution in [0.3, 0.4) is 0 Å². The average molecular weight is 310 g/mol. The Balaban J connectivity index is 2.68. The summed E-state index contributed by atoms with van der Waals surface area (Å²) in [6, 6.07) is 5.79. The molecule has 1 aromatic heterocycles. The fourth-order valence-electron chi connectivity index (χ4n) is 1.81. The minimum absolute atomic E-state index is 0.0663. The number of anilines is 1. The number of rotatable bonds is 2. The summed E-state index contributed by atoms with van der Waals surface area (Å²) in [5.74, 6) is -0.913. The van der Waals surface area contributed by atoms with Crippen molar-refractivity contribution in [3.05, 3.63) is 41.2 Å². The summed E-state index contributed by atoms with van der Waals surface area (Å²) in [5.41, 5.74) is 3.79. The molecule has 114 valence electrons. The van der Waals surface area contributed by atoms with Gasteiger partial charge in [-0.1, -0.05) is 6.07 Å². The van der Waals surface area contributed by atoms with Gasteiger partial charge in [-0.25, -0.2) is 9.48 Å². The number of esters is 1. The van der Waals surface area contributed by atoms with Gasteiger partial charge < -0.3 is 10.5 Å². The number of halogens is 3. The van der Waals surface area contributed by atoms with Crippen LogP contribution in [0.1, 0.15) is 21.7 Å². The van der Waals surface area contributed by atoms with Gasteiger partial charge >= 0.3 is 12.1 Å². The first-order valence-electron chi connectivity index (χ1n) is 5.84. The van der Waals surface area contributed by atoms with E-state index in [1.54, 1.807) is 6.07 Å². The molecule has 0 atom stereocenters. The molecular weight excluding hydrogens is 301 g/mol. The topological polar surface area (TPSA) is 93.9 Å². The molecule has 0 spiro atoms. The zero-order valence-corrected chi connectivity index (χ0v) is 11.2. The van der Waals surface area contributed by atoms with E-state index in [9.17, 15) is 18.0 Å². The lowest BCUT2D eigenvalue weighted by Gasteiger charge is -2.10. The second kappa shape index (κ2) is 5.40. The van der Waals surface area contributed by atoms with Crippen LogP contribution in [0, 0.1) is 11.3 Å². The minimum Gasteiger partial charge on any atom is -0.464 e.